The fourth-order valence-electron chi connectivity index (χ4n) is 2.30. The van der Waals surface area contributed by atoms with Gasteiger partial charge in [0.2, 0.25) is 0 Å². The molecular weight excluding hydrogens is 359 g/mol. The van der Waals surface area contributed by atoms with Crippen LogP contribution >= 0.6 is 11.8 Å². The van der Waals surface area contributed by atoms with Crippen LogP contribution in [0.5, 0.6) is 0 Å². The predicted octanol–water partition coefficient (Wildman–Crippen LogP) is 5.33. The van der Waals surface area contributed by atoms with Crippen LogP contribution in [0.15, 0.2) is 66.0 Å². The van der Waals surface area contributed by atoms with Gasteiger partial charge in [-0.2, -0.15) is 18.4 Å². The summed E-state index contributed by atoms with van der Waals surface area (Å²) in [5, 5.41) is 9.74. The highest BCUT2D eigenvalue weighted by Gasteiger charge is 2.30. The van der Waals surface area contributed by atoms with Gasteiger partial charge in [0.25, 0.3) is 0 Å². The topological polar surface area (TPSA) is 49.6 Å². The lowest BCUT2D eigenvalue weighted by atomic mass is 10.1. The number of hydrogen-bond acceptors (Lipinski definition) is 4. The monoisotopic (exact) mass is 371 g/mol. The molecule has 0 bridgehead atoms. The molecule has 0 fully saturated rings. The fourth-order valence-corrected chi connectivity index (χ4v) is 3.21. The minimum Gasteiger partial charge on any atom is -0.264 e. The molecule has 2 heterocycles. The van der Waals surface area contributed by atoms with E-state index in [9.17, 15) is 18.4 Å². The van der Waals surface area contributed by atoms with Crippen LogP contribution in [0.2, 0.25) is 0 Å². The van der Waals surface area contributed by atoms with Crippen LogP contribution in [0.4, 0.5) is 13.2 Å². The summed E-state index contributed by atoms with van der Waals surface area (Å²) in [6, 6.07) is 14.2. The van der Waals surface area contributed by atoms with Crippen LogP contribution in [-0.4, -0.2) is 9.97 Å². The van der Waals surface area contributed by atoms with E-state index in [1.165, 1.54) is 17.8 Å². The Bertz CT molecular complexity index is 950. The molecule has 0 radical (unpaired) electrons. The quantitative estimate of drug-likeness (QED) is 0.582. The first-order valence-electron chi connectivity index (χ1n) is 7.58. The molecule has 2 aromatic heterocycles. The minimum absolute atomic E-state index is 0.280. The van der Waals surface area contributed by atoms with Gasteiger partial charge in [0, 0.05) is 23.7 Å². The van der Waals surface area contributed by atoms with Crippen molar-refractivity contribution in [2.45, 2.75) is 17.0 Å². The molecule has 3 rings (SSSR count). The molecule has 3 nitrogen and oxygen atoms in total. The summed E-state index contributed by atoms with van der Waals surface area (Å²) >= 11 is 1.23. The Hall–Kier alpha value is -2.85. The second-order valence-corrected chi connectivity index (χ2v) is 6.35. The number of nitrogens with zero attached hydrogens (tertiary/aromatic N) is 3. The van der Waals surface area contributed by atoms with E-state index in [4.69, 9.17) is 0 Å². The summed E-state index contributed by atoms with van der Waals surface area (Å²) in [6.45, 7) is 0. The Labute approximate surface area is 152 Å². The van der Waals surface area contributed by atoms with Gasteiger partial charge in [-0.05, 0) is 35.9 Å². The van der Waals surface area contributed by atoms with Crippen molar-refractivity contribution in [3.05, 3.63) is 77.6 Å². The first-order valence-corrected chi connectivity index (χ1v) is 8.56. The highest BCUT2D eigenvalue weighted by Crippen LogP contribution is 2.32. The Morgan fingerprint density at radius 3 is 2.62 bits per heavy atom. The van der Waals surface area contributed by atoms with Crippen LogP contribution in [0.25, 0.3) is 11.3 Å². The molecule has 0 unspecified atom stereocenters. The molecule has 0 aliphatic rings. The molecule has 0 amide bonds. The second-order valence-electron chi connectivity index (χ2n) is 5.39. The summed E-state index contributed by atoms with van der Waals surface area (Å²) in [5.74, 6) is 0.280. The summed E-state index contributed by atoms with van der Waals surface area (Å²) < 4.78 is 38.5. The molecule has 0 saturated heterocycles. The van der Waals surface area contributed by atoms with Gasteiger partial charge < -0.3 is 0 Å². The Morgan fingerprint density at radius 2 is 1.92 bits per heavy atom. The number of benzene rings is 1. The van der Waals surface area contributed by atoms with Gasteiger partial charge in [0.15, 0.2) is 0 Å². The lowest BCUT2D eigenvalue weighted by Crippen LogP contribution is -2.05. The third-order valence-corrected chi connectivity index (χ3v) is 4.63. The van der Waals surface area contributed by atoms with Gasteiger partial charge >= 0.3 is 6.18 Å². The minimum atomic E-state index is -4.38. The predicted molar refractivity (Wildman–Crippen MR) is 93.2 cm³/mol. The first kappa shape index (κ1) is 18.0. The summed E-state index contributed by atoms with van der Waals surface area (Å²) in [4.78, 5) is 8.52. The maximum Gasteiger partial charge on any atom is 0.416 e. The molecule has 3 aromatic rings. The van der Waals surface area contributed by atoms with Gasteiger partial charge in [0.05, 0.1) is 16.8 Å². The molecular formula is C19H12F3N3S. The van der Waals surface area contributed by atoms with Crippen molar-refractivity contribution in [2.24, 2.45) is 0 Å². The number of thioether (sulfide) groups is 1. The highest BCUT2D eigenvalue weighted by atomic mass is 32.2. The molecule has 7 heteroatoms. The average Bonchev–Trinajstić information content (AvgIpc) is 2.66. The number of alkyl halides is 3. The SMILES string of the molecule is N#Cc1ccc(-c2cccnc2)nc1SCc1cccc(C(F)(F)F)c1. The van der Waals surface area contributed by atoms with E-state index in [0.29, 0.717) is 21.8 Å². The first-order chi connectivity index (χ1) is 12.5. The second kappa shape index (κ2) is 7.58. The number of rotatable bonds is 4. The summed E-state index contributed by atoms with van der Waals surface area (Å²) in [5.41, 5.74) is 1.67. The third-order valence-electron chi connectivity index (χ3n) is 3.57. The summed E-state index contributed by atoms with van der Waals surface area (Å²) in [7, 11) is 0. The van der Waals surface area contributed by atoms with E-state index in [-0.39, 0.29) is 5.75 Å². The van der Waals surface area contributed by atoms with Gasteiger partial charge in [-0.15, -0.1) is 11.8 Å². The molecule has 26 heavy (non-hydrogen) atoms. The van der Waals surface area contributed by atoms with Crippen molar-refractivity contribution < 1.29 is 13.2 Å². The van der Waals surface area contributed by atoms with Crippen molar-refractivity contribution in [1.29, 1.82) is 5.26 Å². The number of halogens is 3. The number of pyridine rings is 2. The molecule has 1 aromatic carbocycles. The average molecular weight is 371 g/mol. The van der Waals surface area contributed by atoms with Crippen LogP contribution in [-0.2, 0) is 11.9 Å². The van der Waals surface area contributed by atoms with Gasteiger partial charge in [0.1, 0.15) is 11.1 Å². The zero-order valence-electron chi connectivity index (χ0n) is 13.4. The van der Waals surface area contributed by atoms with Crippen molar-refractivity contribution in [3.63, 3.8) is 0 Å². The van der Waals surface area contributed by atoms with Crippen LogP contribution in [0.1, 0.15) is 16.7 Å². The van der Waals surface area contributed by atoms with Gasteiger partial charge in [-0.3, -0.25) is 4.98 Å². The molecule has 130 valence electrons. The van der Waals surface area contributed by atoms with Gasteiger partial charge in [-0.25, -0.2) is 4.98 Å². The smallest absolute Gasteiger partial charge is 0.264 e. The van der Waals surface area contributed by atoms with E-state index < -0.39 is 11.7 Å². The van der Waals surface area contributed by atoms with E-state index in [2.05, 4.69) is 16.0 Å². The molecule has 0 aliphatic carbocycles. The maximum atomic E-state index is 12.8. The number of hydrogen-bond donors (Lipinski definition) is 0. The Balaban J connectivity index is 1.85. The van der Waals surface area contributed by atoms with E-state index >= 15 is 0 Å². The van der Waals surface area contributed by atoms with E-state index in [0.717, 1.165) is 17.7 Å². The van der Waals surface area contributed by atoms with E-state index in [1.54, 1.807) is 36.7 Å². The van der Waals surface area contributed by atoms with Crippen molar-refractivity contribution in [1.82, 2.24) is 9.97 Å². The van der Waals surface area contributed by atoms with Gasteiger partial charge in [-0.1, -0.05) is 18.2 Å². The van der Waals surface area contributed by atoms with Crippen LogP contribution < -0.4 is 0 Å². The molecule has 0 spiro atoms. The maximum absolute atomic E-state index is 12.8. The Morgan fingerprint density at radius 1 is 1.08 bits per heavy atom. The third kappa shape index (κ3) is 4.21. The molecule has 0 saturated carbocycles. The largest absolute Gasteiger partial charge is 0.416 e. The standard InChI is InChI=1S/C19H12F3N3S/c20-19(21,22)16-5-1-3-13(9-16)12-26-18-14(10-23)6-7-17(25-18)15-4-2-8-24-11-15/h1-9,11H,12H2. The summed E-state index contributed by atoms with van der Waals surface area (Å²) in [6.07, 6.45) is -1.07. The zero-order chi connectivity index (χ0) is 18.6. The van der Waals surface area contributed by atoms with Crippen molar-refractivity contribution in [3.8, 4) is 17.3 Å². The van der Waals surface area contributed by atoms with E-state index in [1.807, 2.05) is 6.07 Å². The normalized spacial score (nSPS) is 11.2. The number of aromatic nitrogens is 2. The highest BCUT2D eigenvalue weighted by molar-refractivity contribution is 7.98. The lowest BCUT2D eigenvalue weighted by molar-refractivity contribution is -0.137. The zero-order valence-corrected chi connectivity index (χ0v) is 14.2. The molecule has 0 N–H and O–H groups in total. The molecule has 0 atom stereocenters. The molecule has 0 aliphatic heterocycles. The van der Waals surface area contributed by atoms with Crippen molar-refractivity contribution in [2.75, 3.05) is 0 Å². The van der Waals surface area contributed by atoms with Crippen molar-refractivity contribution >= 4 is 11.8 Å². The fraction of sp³-hybridized carbons (Fsp3) is 0.105. The van der Waals surface area contributed by atoms with Crippen LogP contribution in [0.3, 0.4) is 0 Å². The van der Waals surface area contributed by atoms with Crippen LogP contribution in [0, 0.1) is 11.3 Å². The number of nitriles is 1. The Kier molecular flexibility index (Phi) is 5.24. The lowest BCUT2D eigenvalue weighted by Gasteiger charge is -2.09.